The van der Waals surface area contributed by atoms with Gasteiger partial charge in [-0.3, -0.25) is 0 Å². The highest BCUT2D eigenvalue weighted by atomic mass is 32.1. The lowest BCUT2D eigenvalue weighted by atomic mass is 9.86. The van der Waals surface area contributed by atoms with Crippen molar-refractivity contribution < 1.29 is 9.13 Å². The summed E-state index contributed by atoms with van der Waals surface area (Å²) in [6, 6.07) is 16.6. The van der Waals surface area contributed by atoms with E-state index >= 15 is 0 Å². The number of nitrogens with one attached hydrogen (secondary N) is 1. The first kappa shape index (κ1) is 17.4. The van der Waals surface area contributed by atoms with Crippen molar-refractivity contribution in [3.63, 3.8) is 0 Å². The fourth-order valence-electron chi connectivity index (χ4n) is 4.25. The first-order chi connectivity index (χ1) is 14.7. The zero-order valence-electron chi connectivity index (χ0n) is 16.0. The van der Waals surface area contributed by atoms with E-state index in [1.807, 2.05) is 34.3 Å². The number of thiophene rings is 1. The van der Waals surface area contributed by atoms with E-state index < -0.39 is 6.10 Å². The van der Waals surface area contributed by atoms with Gasteiger partial charge in [0, 0.05) is 16.0 Å². The molecule has 2 aromatic carbocycles. The van der Waals surface area contributed by atoms with Gasteiger partial charge in [0.1, 0.15) is 30.0 Å². The third kappa shape index (κ3) is 2.59. The van der Waals surface area contributed by atoms with E-state index in [0.29, 0.717) is 5.95 Å². The largest absolute Gasteiger partial charge is 0.480 e. The smallest absolute Gasteiger partial charge is 0.226 e. The summed E-state index contributed by atoms with van der Waals surface area (Å²) in [5, 5.41) is 10.0. The van der Waals surface area contributed by atoms with Gasteiger partial charge < -0.3 is 10.1 Å². The predicted octanol–water partition coefficient (Wildman–Crippen LogP) is 5.35. The van der Waals surface area contributed by atoms with Gasteiger partial charge >= 0.3 is 0 Å². The van der Waals surface area contributed by atoms with Gasteiger partial charge in [-0.25, -0.2) is 9.07 Å². The Morgan fingerprint density at radius 3 is 2.90 bits per heavy atom. The van der Waals surface area contributed by atoms with Gasteiger partial charge in [-0.15, -0.1) is 11.3 Å². The zero-order valence-corrected chi connectivity index (χ0v) is 16.9. The molecule has 0 aliphatic carbocycles. The van der Waals surface area contributed by atoms with Crippen molar-refractivity contribution in [2.45, 2.75) is 19.1 Å². The number of nitrogens with zero attached hydrogens (tertiary/aromatic N) is 3. The topological polar surface area (TPSA) is 52.0 Å². The molecule has 0 saturated heterocycles. The Balaban J connectivity index is 1.65. The molecule has 2 aliphatic rings. The van der Waals surface area contributed by atoms with Crippen molar-refractivity contribution in [2.75, 3.05) is 5.32 Å². The van der Waals surface area contributed by atoms with Crippen LogP contribution in [0.3, 0.4) is 0 Å². The molecule has 30 heavy (non-hydrogen) atoms. The molecule has 2 aliphatic heterocycles. The minimum absolute atomic E-state index is 0.194. The summed E-state index contributed by atoms with van der Waals surface area (Å²) in [5.74, 6) is 1.16. The van der Waals surface area contributed by atoms with Crippen LogP contribution in [0.4, 0.5) is 10.3 Å². The summed E-state index contributed by atoms with van der Waals surface area (Å²) in [6.45, 7) is 2.06. The van der Waals surface area contributed by atoms with E-state index in [-0.39, 0.29) is 11.9 Å². The van der Waals surface area contributed by atoms with E-state index in [2.05, 4.69) is 34.5 Å². The van der Waals surface area contributed by atoms with Crippen molar-refractivity contribution >= 4 is 23.0 Å². The normalized spacial score (nSPS) is 19.4. The first-order valence-electron chi connectivity index (χ1n) is 9.66. The molecule has 6 rings (SSSR count). The van der Waals surface area contributed by atoms with E-state index in [0.717, 1.165) is 38.6 Å². The Labute approximate surface area is 176 Å². The van der Waals surface area contributed by atoms with Crippen LogP contribution in [-0.2, 0) is 0 Å². The first-order valence-corrected chi connectivity index (χ1v) is 10.5. The molecule has 0 bridgehead atoms. The van der Waals surface area contributed by atoms with Crippen LogP contribution < -0.4 is 10.1 Å². The fourth-order valence-corrected chi connectivity index (χ4v) is 5.08. The highest BCUT2D eigenvalue weighted by molar-refractivity contribution is 7.10. The molecule has 2 aromatic heterocycles. The van der Waals surface area contributed by atoms with Gasteiger partial charge in [0.15, 0.2) is 0 Å². The van der Waals surface area contributed by atoms with Gasteiger partial charge in [0.25, 0.3) is 0 Å². The van der Waals surface area contributed by atoms with Crippen molar-refractivity contribution in [1.29, 1.82) is 0 Å². The van der Waals surface area contributed by atoms with Crippen LogP contribution in [0.15, 0.2) is 71.9 Å². The summed E-state index contributed by atoms with van der Waals surface area (Å²) in [4.78, 5) is 5.55. The van der Waals surface area contributed by atoms with Crippen LogP contribution in [-0.4, -0.2) is 14.8 Å². The summed E-state index contributed by atoms with van der Waals surface area (Å²) < 4.78 is 22.5. The Morgan fingerprint density at radius 2 is 2.07 bits per heavy atom. The fraction of sp³-hybridized carbons (Fsp3) is 0.130. The number of ether oxygens (including phenoxy) is 1. The van der Waals surface area contributed by atoms with E-state index in [1.54, 1.807) is 23.7 Å². The number of aromatic nitrogens is 3. The summed E-state index contributed by atoms with van der Waals surface area (Å²) in [6.07, 6.45) is 1.10. The van der Waals surface area contributed by atoms with Crippen LogP contribution in [0.25, 0.3) is 5.70 Å². The molecule has 5 nitrogen and oxygen atoms in total. The Kier molecular flexibility index (Phi) is 3.79. The molecule has 0 fully saturated rings. The zero-order chi connectivity index (χ0) is 20.2. The quantitative estimate of drug-likeness (QED) is 0.479. The lowest BCUT2D eigenvalue weighted by molar-refractivity contribution is 0.223. The van der Waals surface area contributed by atoms with Crippen LogP contribution in [0.1, 0.15) is 33.7 Å². The van der Waals surface area contributed by atoms with Crippen LogP contribution in [0.2, 0.25) is 0 Å². The van der Waals surface area contributed by atoms with Crippen molar-refractivity contribution in [3.8, 4) is 5.75 Å². The maximum atomic E-state index is 14.1. The third-order valence-electron chi connectivity index (χ3n) is 5.53. The second kappa shape index (κ2) is 6.53. The van der Waals surface area contributed by atoms with Crippen molar-refractivity contribution in [2.24, 2.45) is 0 Å². The summed E-state index contributed by atoms with van der Waals surface area (Å²) in [5.41, 5.74) is 4.83. The maximum Gasteiger partial charge on any atom is 0.226 e. The number of hydrogen-bond donors (Lipinski definition) is 1. The van der Waals surface area contributed by atoms with Gasteiger partial charge in [-0.1, -0.05) is 29.8 Å². The number of hydrogen-bond acceptors (Lipinski definition) is 5. The number of halogens is 1. The molecule has 2 atom stereocenters. The highest BCUT2D eigenvalue weighted by Gasteiger charge is 2.41. The molecule has 0 radical (unpaired) electrons. The predicted molar refractivity (Wildman–Crippen MR) is 114 cm³/mol. The second-order valence-electron chi connectivity index (χ2n) is 7.45. The Bertz CT molecular complexity index is 1290. The highest BCUT2D eigenvalue weighted by Crippen LogP contribution is 2.51. The molecule has 1 N–H and O–H groups in total. The molecule has 4 aromatic rings. The SMILES string of the molecule is Cc1ccc2c(c1)C1=C([C@@H](c3cccc(F)c3)O2)[C@@H](c2cccs2)n2ncnc2N1. The van der Waals surface area contributed by atoms with Gasteiger partial charge in [-0.05, 0) is 48.2 Å². The monoisotopic (exact) mass is 416 g/mol. The molecule has 0 amide bonds. The molecule has 7 heteroatoms. The second-order valence-corrected chi connectivity index (χ2v) is 8.43. The number of aryl methyl sites for hydroxylation is 1. The van der Waals surface area contributed by atoms with Gasteiger partial charge in [-0.2, -0.15) is 10.1 Å². The summed E-state index contributed by atoms with van der Waals surface area (Å²) >= 11 is 1.66. The van der Waals surface area contributed by atoms with Crippen LogP contribution in [0, 0.1) is 12.7 Å². The van der Waals surface area contributed by atoms with Gasteiger partial charge in [0.05, 0.1) is 5.70 Å². The average molecular weight is 416 g/mol. The number of anilines is 1. The minimum Gasteiger partial charge on any atom is -0.480 e. The average Bonchev–Trinajstić information content (AvgIpc) is 3.44. The Morgan fingerprint density at radius 1 is 1.13 bits per heavy atom. The molecular formula is C23H17FN4OS. The minimum atomic E-state index is -0.456. The lowest BCUT2D eigenvalue weighted by Gasteiger charge is -2.38. The molecule has 148 valence electrons. The van der Waals surface area contributed by atoms with Gasteiger partial charge in [0.2, 0.25) is 5.95 Å². The van der Waals surface area contributed by atoms with Crippen LogP contribution >= 0.6 is 11.3 Å². The Hall–Kier alpha value is -3.45. The lowest BCUT2D eigenvalue weighted by Crippen LogP contribution is -2.32. The summed E-state index contributed by atoms with van der Waals surface area (Å²) in [7, 11) is 0. The van der Waals surface area contributed by atoms with Crippen molar-refractivity contribution in [1.82, 2.24) is 14.8 Å². The maximum absolute atomic E-state index is 14.1. The van der Waals surface area contributed by atoms with E-state index in [4.69, 9.17) is 4.74 Å². The number of fused-ring (bicyclic) bond motifs is 3. The van der Waals surface area contributed by atoms with E-state index in [9.17, 15) is 4.39 Å². The standard InChI is InChI=1S/C23H17FN4OS/c1-13-7-8-17-16(10-13)20-19(22(29-17)14-4-2-5-15(24)11-14)21(18-6-3-9-30-18)28-23(27-20)25-12-26-28/h2-12,21-22H,1H3,(H,25,26,27)/t21-,22-/m1/s1. The van der Waals surface area contributed by atoms with Crippen molar-refractivity contribution in [3.05, 3.63) is 99.3 Å². The van der Waals surface area contributed by atoms with Crippen LogP contribution in [0.5, 0.6) is 5.75 Å². The molecule has 0 unspecified atom stereocenters. The van der Waals surface area contributed by atoms with E-state index in [1.165, 1.54) is 12.1 Å². The molecule has 0 spiro atoms. The molecule has 4 heterocycles. The number of rotatable bonds is 2. The number of benzene rings is 2. The molecule has 0 saturated carbocycles. The molecular weight excluding hydrogens is 399 g/mol. The third-order valence-corrected chi connectivity index (χ3v) is 6.46.